The largest absolute Gasteiger partial charge is 0.417 e. The van der Waals surface area contributed by atoms with Crippen LogP contribution in [0.2, 0.25) is 0 Å². The van der Waals surface area contributed by atoms with Gasteiger partial charge in [0.25, 0.3) is 5.56 Å². The zero-order chi connectivity index (χ0) is 19.6. The van der Waals surface area contributed by atoms with E-state index in [0.717, 1.165) is 11.6 Å². The highest BCUT2D eigenvalue weighted by atomic mass is 32.2. The van der Waals surface area contributed by atoms with Crippen LogP contribution in [0.1, 0.15) is 17.0 Å². The first kappa shape index (κ1) is 18.9. The molecule has 0 spiro atoms. The van der Waals surface area contributed by atoms with Crippen LogP contribution < -0.4 is 10.3 Å². The highest BCUT2D eigenvalue weighted by Gasteiger charge is 2.17. The minimum atomic E-state index is -3.74. The molecule has 0 aliphatic rings. The first-order valence-electron chi connectivity index (χ1n) is 7.82. The van der Waals surface area contributed by atoms with E-state index in [2.05, 4.69) is 14.7 Å². The quantitative estimate of drug-likeness (QED) is 0.635. The maximum Gasteiger partial charge on any atom is 0.388 e. The van der Waals surface area contributed by atoms with Crippen molar-refractivity contribution in [3.05, 3.63) is 69.9 Å². The molecule has 0 bridgehead atoms. The summed E-state index contributed by atoms with van der Waals surface area (Å²) < 4.78 is 54.8. The van der Waals surface area contributed by atoms with E-state index < -0.39 is 28.0 Å². The van der Waals surface area contributed by atoms with E-state index in [1.165, 1.54) is 22.6 Å². The molecular formula is C17H15F2N3O4S. The van der Waals surface area contributed by atoms with E-state index in [1.807, 2.05) is 6.92 Å². The number of aromatic nitrogens is 3. The van der Waals surface area contributed by atoms with Gasteiger partial charge in [-0.2, -0.15) is 8.78 Å². The van der Waals surface area contributed by atoms with E-state index in [9.17, 15) is 22.0 Å². The van der Waals surface area contributed by atoms with E-state index in [1.54, 1.807) is 18.3 Å². The zero-order valence-electron chi connectivity index (χ0n) is 14.2. The lowest BCUT2D eigenvalue weighted by atomic mass is 10.3. The third-order valence-corrected chi connectivity index (χ3v) is 5.06. The second-order valence-corrected chi connectivity index (χ2v) is 7.96. The van der Waals surface area contributed by atoms with Crippen molar-refractivity contribution in [2.45, 2.75) is 25.0 Å². The van der Waals surface area contributed by atoms with Gasteiger partial charge < -0.3 is 4.74 Å². The van der Waals surface area contributed by atoms with Gasteiger partial charge in [-0.15, -0.1) is 0 Å². The normalized spacial score (nSPS) is 11.9. The van der Waals surface area contributed by atoms with Crippen LogP contribution in [-0.2, 0) is 21.3 Å². The van der Waals surface area contributed by atoms with Gasteiger partial charge in [0, 0.05) is 18.3 Å². The Morgan fingerprint density at radius 1 is 1.11 bits per heavy atom. The summed E-state index contributed by atoms with van der Waals surface area (Å²) in [4.78, 5) is 20.1. The predicted octanol–water partition coefficient (Wildman–Crippen LogP) is 2.11. The van der Waals surface area contributed by atoms with Crippen LogP contribution in [0.5, 0.6) is 5.88 Å². The van der Waals surface area contributed by atoms with Crippen LogP contribution in [-0.4, -0.2) is 29.4 Å². The Kier molecular flexibility index (Phi) is 5.17. The molecule has 0 aliphatic carbocycles. The molecule has 142 valence electrons. The maximum absolute atomic E-state index is 12.4. The van der Waals surface area contributed by atoms with E-state index in [-0.39, 0.29) is 22.8 Å². The summed E-state index contributed by atoms with van der Waals surface area (Å²) in [7, 11) is -3.74. The lowest BCUT2D eigenvalue weighted by Crippen LogP contribution is -2.18. The molecule has 0 amide bonds. The number of hydrogen-bond donors (Lipinski definition) is 0. The van der Waals surface area contributed by atoms with Gasteiger partial charge in [0.2, 0.25) is 5.88 Å². The molecule has 3 aromatic rings. The maximum atomic E-state index is 12.4. The average Bonchev–Trinajstić information content (AvgIpc) is 2.54. The topological polar surface area (TPSA) is 90.6 Å². The molecule has 3 heterocycles. The Balaban J connectivity index is 1.83. The first-order chi connectivity index (χ1) is 12.7. The van der Waals surface area contributed by atoms with Crippen LogP contribution in [0, 0.1) is 6.92 Å². The van der Waals surface area contributed by atoms with Gasteiger partial charge in [-0.1, -0.05) is 12.1 Å². The van der Waals surface area contributed by atoms with Crippen LogP contribution >= 0.6 is 0 Å². The fraction of sp³-hybridized carbons (Fsp3) is 0.235. The third-order valence-electron chi connectivity index (χ3n) is 3.59. The fourth-order valence-electron chi connectivity index (χ4n) is 2.53. The molecule has 10 heteroatoms. The summed E-state index contributed by atoms with van der Waals surface area (Å²) in [6.45, 7) is -1.23. The SMILES string of the molecule is Cc1ccc2nc(CS(=O)(=O)Cc3cccc(OC(F)F)n3)cc(=O)n2c1. The van der Waals surface area contributed by atoms with Crippen molar-refractivity contribution < 1.29 is 21.9 Å². The number of rotatable bonds is 6. The number of hydrogen-bond acceptors (Lipinski definition) is 6. The highest BCUT2D eigenvalue weighted by molar-refractivity contribution is 7.89. The molecule has 0 aromatic carbocycles. The minimum absolute atomic E-state index is 0.0567. The Hall–Kier alpha value is -2.88. The van der Waals surface area contributed by atoms with Gasteiger partial charge in [0.15, 0.2) is 9.84 Å². The molecule has 0 fully saturated rings. The molecule has 0 unspecified atom stereocenters. The number of alkyl halides is 2. The van der Waals surface area contributed by atoms with E-state index >= 15 is 0 Å². The third kappa shape index (κ3) is 4.85. The van der Waals surface area contributed by atoms with Gasteiger partial charge >= 0.3 is 6.61 Å². The fourth-order valence-corrected chi connectivity index (χ4v) is 3.84. The van der Waals surface area contributed by atoms with Gasteiger partial charge in [0.1, 0.15) is 5.65 Å². The van der Waals surface area contributed by atoms with Crippen molar-refractivity contribution in [2.75, 3.05) is 0 Å². The number of aryl methyl sites for hydroxylation is 1. The molecule has 7 nitrogen and oxygen atoms in total. The molecule has 0 atom stereocenters. The predicted molar refractivity (Wildman–Crippen MR) is 93.4 cm³/mol. The Morgan fingerprint density at radius 2 is 1.85 bits per heavy atom. The summed E-state index contributed by atoms with van der Waals surface area (Å²) in [6, 6.07) is 8.52. The van der Waals surface area contributed by atoms with E-state index in [4.69, 9.17) is 0 Å². The molecule has 0 aliphatic heterocycles. The second kappa shape index (κ2) is 7.39. The van der Waals surface area contributed by atoms with Crippen molar-refractivity contribution in [2.24, 2.45) is 0 Å². The van der Waals surface area contributed by atoms with Crippen molar-refractivity contribution in [3.63, 3.8) is 0 Å². The summed E-state index contributed by atoms with van der Waals surface area (Å²) in [5.74, 6) is -1.34. The van der Waals surface area contributed by atoms with Gasteiger partial charge in [-0.25, -0.2) is 18.4 Å². The Morgan fingerprint density at radius 3 is 2.59 bits per heavy atom. The van der Waals surface area contributed by atoms with Crippen molar-refractivity contribution in [1.29, 1.82) is 0 Å². The Labute approximate surface area is 153 Å². The molecule has 3 aromatic heterocycles. The monoisotopic (exact) mass is 395 g/mol. The molecular weight excluding hydrogens is 380 g/mol. The molecule has 0 saturated heterocycles. The van der Waals surface area contributed by atoms with E-state index in [0.29, 0.717) is 5.65 Å². The van der Waals surface area contributed by atoms with Crippen molar-refractivity contribution >= 4 is 15.5 Å². The lowest BCUT2D eigenvalue weighted by molar-refractivity contribution is -0.0529. The number of fused-ring (bicyclic) bond motifs is 1. The highest BCUT2D eigenvalue weighted by Crippen LogP contribution is 2.15. The zero-order valence-corrected chi connectivity index (χ0v) is 15.0. The summed E-state index contributed by atoms with van der Waals surface area (Å²) in [5, 5.41) is 0. The molecule has 0 saturated carbocycles. The van der Waals surface area contributed by atoms with Crippen LogP contribution in [0.15, 0.2) is 47.4 Å². The standard InChI is InChI=1S/C17H15F2N3O4S/c1-11-5-6-14-20-13(7-16(23)22(14)8-11)10-27(24,25)9-12-3-2-4-15(21-12)26-17(18)19/h2-8,17H,9-10H2,1H3. The van der Waals surface area contributed by atoms with Crippen molar-refractivity contribution in [3.8, 4) is 5.88 Å². The smallest absolute Gasteiger partial charge is 0.388 e. The first-order valence-corrected chi connectivity index (χ1v) is 9.64. The number of ether oxygens (including phenoxy) is 1. The lowest BCUT2D eigenvalue weighted by Gasteiger charge is -2.08. The summed E-state index contributed by atoms with van der Waals surface area (Å²) in [6.07, 6.45) is 1.61. The van der Waals surface area contributed by atoms with Gasteiger partial charge in [0.05, 0.1) is 22.9 Å². The summed E-state index contributed by atoms with van der Waals surface area (Å²) >= 11 is 0. The van der Waals surface area contributed by atoms with Gasteiger partial charge in [-0.05, 0) is 24.6 Å². The molecule has 0 N–H and O–H groups in total. The van der Waals surface area contributed by atoms with Crippen LogP contribution in [0.25, 0.3) is 5.65 Å². The van der Waals surface area contributed by atoms with Crippen LogP contribution in [0.4, 0.5) is 8.78 Å². The summed E-state index contributed by atoms with van der Waals surface area (Å²) in [5.41, 5.74) is 0.969. The molecule has 3 rings (SSSR count). The minimum Gasteiger partial charge on any atom is -0.417 e. The number of pyridine rings is 2. The average molecular weight is 395 g/mol. The number of sulfone groups is 1. The van der Waals surface area contributed by atoms with Crippen LogP contribution in [0.3, 0.4) is 0 Å². The number of halogens is 2. The Bertz CT molecular complexity index is 1150. The second-order valence-electron chi connectivity index (χ2n) is 5.90. The number of nitrogens with zero attached hydrogens (tertiary/aromatic N) is 3. The molecule has 0 radical (unpaired) electrons. The molecule has 27 heavy (non-hydrogen) atoms. The van der Waals surface area contributed by atoms with Gasteiger partial charge in [-0.3, -0.25) is 9.20 Å². The van der Waals surface area contributed by atoms with Crippen molar-refractivity contribution in [1.82, 2.24) is 14.4 Å².